The van der Waals surface area contributed by atoms with Crippen molar-refractivity contribution in [3.8, 4) is 0 Å². The van der Waals surface area contributed by atoms with Crippen molar-refractivity contribution in [3.05, 3.63) is 30.0 Å². The highest BCUT2D eigenvalue weighted by Crippen LogP contribution is 2.10. The summed E-state index contributed by atoms with van der Waals surface area (Å²) in [5.41, 5.74) is 1.10. The molecule has 0 amide bonds. The first-order valence-corrected chi connectivity index (χ1v) is 5.43. The molecule has 0 fully saturated rings. The summed E-state index contributed by atoms with van der Waals surface area (Å²) in [5, 5.41) is 7.71. The van der Waals surface area contributed by atoms with Gasteiger partial charge in [0.25, 0.3) is 0 Å². The maximum Gasteiger partial charge on any atom is 0.127 e. The van der Waals surface area contributed by atoms with Gasteiger partial charge in [0.05, 0.1) is 12.2 Å². The third-order valence-electron chi connectivity index (χ3n) is 2.64. The second-order valence-corrected chi connectivity index (χ2v) is 3.81. The maximum atomic E-state index is 4.38. The van der Waals surface area contributed by atoms with Crippen molar-refractivity contribution in [2.45, 2.75) is 19.9 Å². The molecule has 0 aliphatic heterocycles. The van der Waals surface area contributed by atoms with Crippen LogP contribution < -0.4 is 5.32 Å². The lowest BCUT2D eigenvalue weighted by Gasteiger charge is -2.05. The third kappa shape index (κ3) is 2.08. The van der Waals surface area contributed by atoms with E-state index in [1.54, 1.807) is 6.20 Å². The summed E-state index contributed by atoms with van der Waals surface area (Å²) in [7, 11) is 3.94. The molecule has 5 heteroatoms. The zero-order valence-corrected chi connectivity index (χ0v) is 9.94. The number of hydrogen-bond acceptors (Lipinski definition) is 3. The van der Waals surface area contributed by atoms with E-state index < -0.39 is 0 Å². The van der Waals surface area contributed by atoms with E-state index in [0.29, 0.717) is 6.54 Å². The van der Waals surface area contributed by atoms with E-state index in [1.807, 2.05) is 29.5 Å². The van der Waals surface area contributed by atoms with Crippen molar-refractivity contribution in [1.29, 1.82) is 0 Å². The summed E-state index contributed by atoms with van der Waals surface area (Å²) in [4.78, 5) is 4.26. The molecular weight excluding hydrogens is 202 g/mol. The second kappa shape index (κ2) is 4.38. The first kappa shape index (κ1) is 10.7. The molecule has 0 aliphatic carbocycles. The van der Waals surface area contributed by atoms with Gasteiger partial charge < -0.3 is 9.88 Å². The Hall–Kier alpha value is -1.78. The molecule has 16 heavy (non-hydrogen) atoms. The monoisotopic (exact) mass is 219 g/mol. The summed E-state index contributed by atoms with van der Waals surface area (Å²) in [6, 6.07) is 2.07. The predicted octanol–water partition coefficient (Wildman–Crippen LogP) is 1.33. The van der Waals surface area contributed by atoms with Gasteiger partial charge in [-0.1, -0.05) is 6.92 Å². The Kier molecular flexibility index (Phi) is 2.94. The SMILES string of the molecule is CCc1cc(NCc2nccn2C)n(C)n1. The van der Waals surface area contributed by atoms with Crippen LogP contribution in [0.5, 0.6) is 0 Å². The molecule has 2 heterocycles. The Balaban J connectivity index is 2.04. The Morgan fingerprint density at radius 2 is 2.19 bits per heavy atom. The summed E-state index contributed by atoms with van der Waals surface area (Å²) in [5.74, 6) is 2.04. The maximum absolute atomic E-state index is 4.38. The Morgan fingerprint density at radius 1 is 1.38 bits per heavy atom. The molecule has 0 aromatic carbocycles. The van der Waals surface area contributed by atoms with Crippen molar-refractivity contribution in [2.24, 2.45) is 14.1 Å². The highest BCUT2D eigenvalue weighted by atomic mass is 15.3. The number of hydrogen-bond donors (Lipinski definition) is 1. The number of aryl methyl sites for hydroxylation is 3. The summed E-state index contributed by atoms with van der Waals surface area (Å²) in [6.45, 7) is 2.82. The van der Waals surface area contributed by atoms with Crippen LogP contribution in [0.2, 0.25) is 0 Å². The summed E-state index contributed by atoms with van der Waals surface area (Å²) < 4.78 is 3.87. The molecule has 1 N–H and O–H groups in total. The van der Waals surface area contributed by atoms with Crippen LogP contribution in [0.3, 0.4) is 0 Å². The molecule has 2 rings (SSSR count). The van der Waals surface area contributed by atoms with Crippen LogP contribution in [0.1, 0.15) is 18.4 Å². The van der Waals surface area contributed by atoms with E-state index in [9.17, 15) is 0 Å². The molecule has 0 saturated heterocycles. The van der Waals surface area contributed by atoms with Crippen molar-refractivity contribution < 1.29 is 0 Å². The molecular formula is C11H17N5. The largest absolute Gasteiger partial charge is 0.363 e. The van der Waals surface area contributed by atoms with Gasteiger partial charge in [0.2, 0.25) is 0 Å². The van der Waals surface area contributed by atoms with Crippen molar-refractivity contribution >= 4 is 5.82 Å². The molecule has 0 unspecified atom stereocenters. The van der Waals surface area contributed by atoms with Crippen LogP contribution in [-0.4, -0.2) is 19.3 Å². The van der Waals surface area contributed by atoms with Gasteiger partial charge in [0.15, 0.2) is 0 Å². The molecule has 0 atom stereocenters. The lowest BCUT2D eigenvalue weighted by Crippen LogP contribution is -2.08. The number of rotatable bonds is 4. The van der Waals surface area contributed by atoms with Crippen LogP contribution in [0, 0.1) is 0 Å². The number of nitrogens with one attached hydrogen (secondary N) is 1. The molecule has 2 aromatic heterocycles. The molecule has 0 bridgehead atoms. The highest BCUT2D eigenvalue weighted by molar-refractivity contribution is 5.37. The lowest BCUT2D eigenvalue weighted by molar-refractivity contribution is 0.740. The van der Waals surface area contributed by atoms with E-state index in [0.717, 1.165) is 23.8 Å². The minimum atomic E-state index is 0.714. The second-order valence-electron chi connectivity index (χ2n) is 3.81. The predicted molar refractivity (Wildman–Crippen MR) is 63.1 cm³/mol. The fraction of sp³-hybridized carbons (Fsp3) is 0.455. The van der Waals surface area contributed by atoms with Crippen LogP contribution in [0.25, 0.3) is 0 Å². The van der Waals surface area contributed by atoms with E-state index in [1.165, 1.54) is 0 Å². The normalized spacial score (nSPS) is 10.7. The van der Waals surface area contributed by atoms with Crippen molar-refractivity contribution in [2.75, 3.05) is 5.32 Å². The number of nitrogens with zero attached hydrogens (tertiary/aromatic N) is 4. The average Bonchev–Trinajstić information content (AvgIpc) is 2.82. The van der Waals surface area contributed by atoms with E-state index in [-0.39, 0.29) is 0 Å². The first-order valence-electron chi connectivity index (χ1n) is 5.43. The zero-order chi connectivity index (χ0) is 11.5. The molecule has 5 nitrogen and oxygen atoms in total. The number of anilines is 1. The van der Waals surface area contributed by atoms with E-state index in [4.69, 9.17) is 0 Å². The number of aromatic nitrogens is 4. The lowest BCUT2D eigenvalue weighted by atomic mass is 10.3. The molecule has 0 aliphatic rings. The first-order chi connectivity index (χ1) is 7.70. The Morgan fingerprint density at radius 3 is 2.75 bits per heavy atom. The van der Waals surface area contributed by atoms with Gasteiger partial charge in [0.1, 0.15) is 11.6 Å². The molecule has 0 radical (unpaired) electrons. The smallest absolute Gasteiger partial charge is 0.127 e. The van der Waals surface area contributed by atoms with E-state index >= 15 is 0 Å². The van der Waals surface area contributed by atoms with Gasteiger partial charge in [0, 0.05) is 32.6 Å². The van der Waals surface area contributed by atoms with Crippen LogP contribution in [0.15, 0.2) is 18.5 Å². The van der Waals surface area contributed by atoms with Crippen LogP contribution >= 0.6 is 0 Å². The minimum absolute atomic E-state index is 0.714. The minimum Gasteiger partial charge on any atom is -0.363 e. The quantitative estimate of drug-likeness (QED) is 0.844. The van der Waals surface area contributed by atoms with Gasteiger partial charge in [-0.05, 0) is 6.42 Å². The molecule has 2 aromatic rings. The topological polar surface area (TPSA) is 47.7 Å². The number of imidazole rings is 1. The van der Waals surface area contributed by atoms with Gasteiger partial charge in [-0.15, -0.1) is 0 Å². The Bertz CT molecular complexity index is 468. The van der Waals surface area contributed by atoms with Crippen LogP contribution in [-0.2, 0) is 27.1 Å². The van der Waals surface area contributed by atoms with Crippen molar-refractivity contribution in [1.82, 2.24) is 19.3 Å². The molecule has 86 valence electrons. The van der Waals surface area contributed by atoms with Crippen LogP contribution in [0.4, 0.5) is 5.82 Å². The van der Waals surface area contributed by atoms with Crippen molar-refractivity contribution in [3.63, 3.8) is 0 Å². The average molecular weight is 219 g/mol. The standard InChI is InChI=1S/C11H17N5/c1-4-9-7-10(16(3)14-9)13-8-11-12-5-6-15(11)2/h5-7,13H,4,8H2,1-3H3. The van der Waals surface area contributed by atoms with Gasteiger partial charge in [-0.2, -0.15) is 5.10 Å². The summed E-state index contributed by atoms with van der Waals surface area (Å²) >= 11 is 0. The third-order valence-corrected chi connectivity index (χ3v) is 2.64. The fourth-order valence-corrected chi connectivity index (χ4v) is 1.60. The van der Waals surface area contributed by atoms with Gasteiger partial charge >= 0.3 is 0 Å². The van der Waals surface area contributed by atoms with Gasteiger partial charge in [-0.3, -0.25) is 4.68 Å². The molecule has 0 saturated carbocycles. The molecule has 0 spiro atoms. The van der Waals surface area contributed by atoms with E-state index in [2.05, 4.69) is 28.4 Å². The fourth-order valence-electron chi connectivity index (χ4n) is 1.60. The highest BCUT2D eigenvalue weighted by Gasteiger charge is 2.04. The van der Waals surface area contributed by atoms with Gasteiger partial charge in [-0.25, -0.2) is 4.98 Å². The zero-order valence-electron chi connectivity index (χ0n) is 9.94. The summed E-state index contributed by atoms with van der Waals surface area (Å²) in [6.07, 6.45) is 4.70. The Labute approximate surface area is 95.1 Å².